The van der Waals surface area contributed by atoms with Crippen molar-refractivity contribution in [2.45, 2.75) is 25.9 Å². The van der Waals surface area contributed by atoms with Gasteiger partial charge in [-0.25, -0.2) is 0 Å². The number of aromatic hydroxyl groups is 1. The Labute approximate surface area is 200 Å². The average Bonchev–Trinajstić information content (AvgIpc) is 2.83. The van der Waals surface area contributed by atoms with Crippen molar-refractivity contribution < 1.29 is 39.6 Å². The lowest BCUT2D eigenvalue weighted by molar-refractivity contribution is -0.155. The number of aldehydes is 1. The van der Waals surface area contributed by atoms with Crippen molar-refractivity contribution in [3.63, 3.8) is 0 Å². The van der Waals surface area contributed by atoms with Crippen LogP contribution in [0.25, 0.3) is 16.9 Å². The van der Waals surface area contributed by atoms with Gasteiger partial charge in [0, 0.05) is 17.1 Å². The van der Waals surface area contributed by atoms with Gasteiger partial charge < -0.3 is 26.2 Å². The van der Waals surface area contributed by atoms with Gasteiger partial charge in [0.25, 0.3) is 5.91 Å². The smallest absolute Gasteiger partial charge is 0.255 e. The van der Waals surface area contributed by atoms with Crippen LogP contribution in [0.4, 0.5) is 0 Å². The van der Waals surface area contributed by atoms with E-state index in [1.165, 1.54) is 19.1 Å². The second-order valence-electron chi connectivity index (χ2n) is 8.60. The summed E-state index contributed by atoms with van der Waals surface area (Å²) in [5.74, 6) is -6.47. The first kappa shape index (κ1) is 25.4. The van der Waals surface area contributed by atoms with Gasteiger partial charge in [0.1, 0.15) is 23.4 Å². The molecule has 9 nitrogen and oxygen atoms in total. The molecule has 1 fully saturated rings. The number of carbonyl (C=O) groups is 4. The van der Waals surface area contributed by atoms with Gasteiger partial charge in [-0.3, -0.25) is 19.2 Å². The summed E-state index contributed by atoms with van der Waals surface area (Å²) in [7, 11) is 0. The van der Waals surface area contributed by atoms with Gasteiger partial charge in [0.05, 0.1) is 11.8 Å². The standard InChI is InChI=1S/C26H25NO8/c1-13-9-14(2)26(35,23(32)19(12-29)25(27)34)24(33)21(13)22(31)18-10-17(7-8-20(18)30)16-5-3-15(11-28)4-6-16/h3-8,10-14,29-31,35H,9H2,1-2H3,(H2,27,34)/b19-12-,22-21?/t13-,14+,26-/m1/s1. The third-order valence-electron chi connectivity index (χ3n) is 6.38. The number of hydrogen-bond acceptors (Lipinski definition) is 8. The molecular weight excluding hydrogens is 454 g/mol. The number of nitrogens with two attached hydrogens (primary N) is 1. The Morgan fingerprint density at radius 3 is 2.23 bits per heavy atom. The number of aliphatic hydroxyl groups excluding tert-OH is 2. The highest BCUT2D eigenvalue weighted by molar-refractivity contribution is 6.31. The summed E-state index contributed by atoms with van der Waals surface area (Å²) in [4.78, 5) is 48.8. The molecule has 1 saturated carbocycles. The summed E-state index contributed by atoms with van der Waals surface area (Å²) in [6.07, 6.45) is 0.894. The van der Waals surface area contributed by atoms with Crippen molar-refractivity contribution in [3.8, 4) is 16.9 Å². The minimum atomic E-state index is -2.77. The zero-order valence-electron chi connectivity index (χ0n) is 19.1. The molecule has 0 radical (unpaired) electrons. The maximum absolute atomic E-state index is 13.4. The third-order valence-corrected chi connectivity index (χ3v) is 6.38. The molecule has 35 heavy (non-hydrogen) atoms. The van der Waals surface area contributed by atoms with Crippen LogP contribution in [0.15, 0.2) is 59.9 Å². The van der Waals surface area contributed by atoms with Gasteiger partial charge in [0.15, 0.2) is 5.60 Å². The van der Waals surface area contributed by atoms with E-state index in [2.05, 4.69) is 0 Å². The number of rotatable bonds is 6. The van der Waals surface area contributed by atoms with Gasteiger partial charge in [-0.1, -0.05) is 44.2 Å². The Hall–Kier alpha value is -4.24. The van der Waals surface area contributed by atoms with Crippen LogP contribution >= 0.6 is 0 Å². The third kappa shape index (κ3) is 4.33. The van der Waals surface area contributed by atoms with Crippen molar-refractivity contribution in [1.29, 1.82) is 0 Å². The monoisotopic (exact) mass is 479 g/mol. The summed E-state index contributed by atoms with van der Waals surface area (Å²) in [5.41, 5.74) is 2.63. The lowest BCUT2D eigenvalue weighted by Crippen LogP contribution is -2.58. The fourth-order valence-electron chi connectivity index (χ4n) is 4.38. The van der Waals surface area contributed by atoms with E-state index < -0.39 is 46.2 Å². The topological polar surface area (TPSA) is 175 Å². The number of benzene rings is 2. The first-order chi connectivity index (χ1) is 16.5. The van der Waals surface area contributed by atoms with E-state index in [4.69, 9.17) is 5.73 Å². The molecule has 0 aromatic heterocycles. The maximum atomic E-state index is 13.4. The molecule has 2 aromatic carbocycles. The predicted octanol–water partition coefficient (Wildman–Crippen LogP) is 2.61. The lowest BCUT2D eigenvalue weighted by atomic mass is 9.65. The van der Waals surface area contributed by atoms with E-state index in [-0.39, 0.29) is 29.6 Å². The minimum absolute atomic E-state index is 0.0679. The predicted molar refractivity (Wildman–Crippen MR) is 126 cm³/mol. The summed E-state index contributed by atoms with van der Waals surface area (Å²) in [6.45, 7) is 3.04. The Balaban J connectivity index is 2.15. The van der Waals surface area contributed by atoms with Crippen LogP contribution in [0.1, 0.15) is 36.2 Å². The maximum Gasteiger partial charge on any atom is 0.255 e. The van der Waals surface area contributed by atoms with Crippen molar-refractivity contribution in [3.05, 3.63) is 71.0 Å². The Morgan fingerprint density at radius 2 is 1.69 bits per heavy atom. The number of phenols is 1. The molecule has 1 amide bonds. The summed E-state index contributed by atoms with van der Waals surface area (Å²) in [5, 5.41) is 42.0. The lowest BCUT2D eigenvalue weighted by Gasteiger charge is -2.39. The highest BCUT2D eigenvalue weighted by Crippen LogP contribution is 2.43. The van der Waals surface area contributed by atoms with Crippen molar-refractivity contribution >= 4 is 29.5 Å². The number of ketones is 2. The van der Waals surface area contributed by atoms with Gasteiger partial charge in [0.2, 0.25) is 11.6 Å². The van der Waals surface area contributed by atoms with E-state index in [9.17, 15) is 39.6 Å². The van der Waals surface area contributed by atoms with Crippen molar-refractivity contribution in [1.82, 2.24) is 0 Å². The van der Waals surface area contributed by atoms with E-state index >= 15 is 0 Å². The Kier molecular flexibility index (Phi) is 6.93. The first-order valence-corrected chi connectivity index (χ1v) is 10.8. The van der Waals surface area contributed by atoms with Crippen LogP contribution in [0.3, 0.4) is 0 Å². The number of primary amides is 1. The van der Waals surface area contributed by atoms with Crippen LogP contribution in [0, 0.1) is 11.8 Å². The molecule has 2 aromatic rings. The molecule has 1 aliphatic carbocycles. The van der Waals surface area contributed by atoms with Crippen molar-refractivity contribution in [2.24, 2.45) is 17.6 Å². The molecule has 6 N–H and O–H groups in total. The SMILES string of the molecule is C[C@@H]1C[C@H](C)[C@@](O)(C(=O)/C(=C/O)C(N)=O)C(=O)C1=C(O)c1cc(-c2ccc(C=O)cc2)ccc1O. The van der Waals surface area contributed by atoms with Crippen molar-refractivity contribution in [2.75, 3.05) is 0 Å². The molecule has 0 aliphatic heterocycles. The second-order valence-corrected chi connectivity index (χ2v) is 8.60. The van der Waals surface area contributed by atoms with E-state index in [1.807, 2.05) is 0 Å². The Bertz CT molecular complexity index is 1270. The number of Topliss-reactive ketones (excluding diaryl/α,β-unsaturated/α-hetero) is 2. The molecule has 182 valence electrons. The molecule has 9 heteroatoms. The fourth-order valence-corrected chi connectivity index (χ4v) is 4.38. The molecule has 0 bridgehead atoms. The number of phenolic OH excluding ortho intramolecular Hbond substituents is 1. The number of aliphatic hydroxyl groups is 3. The molecule has 3 rings (SSSR count). The molecule has 0 heterocycles. The molecule has 0 saturated heterocycles. The first-order valence-electron chi connectivity index (χ1n) is 10.8. The highest BCUT2D eigenvalue weighted by atomic mass is 16.3. The van der Waals surface area contributed by atoms with Gasteiger partial charge >= 0.3 is 0 Å². The summed E-state index contributed by atoms with van der Waals surface area (Å²) < 4.78 is 0. The van der Waals surface area contributed by atoms with E-state index in [0.29, 0.717) is 23.0 Å². The number of hydrogen-bond donors (Lipinski definition) is 5. The summed E-state index contributed by atoms with van der Waals surface area (Å²) >= 11 is 0. The van der Waals surface area contributed by atoms with Crippen LogP contribution in [-0.4, -0.2) is 49.8 Å². The zero-order chi connectivity index (χ0) is 26.1. The molecule has 3 atom stereocenters. The van der Waals surface area contributed by atoms with Crippen LogP contribution in [0.2, 0.25) is 0 Å². The fraction of sp³-hybridized carbons (Fsp3) is 0.231. The van der Waals surface area contributed by atoms with Crippen LogP contribution in [0.5, 0.6) is 5.75 Å². The van der Waals surface area contributed by atoms with Crippen LogP contribution in [-0.2, 0) is 14.4 Å². The number of carbonyl (C=O) groups excluding carboxylic acids is 4. The van der Waals surface area contributed by atoms with Gasteiger partial charge in [-0.2, -0.15) is 0 Å². The largest absolute Gasteiger partial charge is 0.515 e. The molecule has 0 spiro atoms. The molecule has 1 aliphatic rings. The summed E-state index contributed by atoms with van der Waals surface area (Å²) in [6, 6.07) is 10.8. The highest BCUT2D eigenvalue weighted by Gasteiger charge is 2.56. The van der Waals surface area contributed by atoms with E-state index in [0.717, 1.165) is 0 Å². The minimum Gasteiger partial charge on any atom is -0.515 e. The van der Waals surface area contributed by atoms with Gasteiger partial charge in [-0.15, -0.1) is 0 Å². The van der Waals surface area contributed by atoms with Crippen LogP contribution < -0.4 is 5.73 Å². The Morgan fingerprint density at radius 1 is 1.09 bits per heavy atom. The zero-order valence-corrected chi connectivity index (χ0v) is 19.1. The second kappa shape index (κ2) is 9.55. The average molecular weight is 479 g/mol. The normalized spacial score (nSPS) is 24.1. The quantitative estimate of drug-likeness (QED) is 0.138. The van der Waals surface area contributed by atoms with E-state index in [1.54, 1.807) is 37.3 Å². The van der Waals surface area contributed by atoms with Gasteiger partial charge in [-0.05, 0) is 35.6 Å². The number of amides is 1. The molecular formula is C26H25NO8. The molecule has 0 unspecified atom stereocenters.